The van der Waals surface area contributed by atoms with Crippen LogP contribution >= 0.6 is 11.6 Å². The van der Waals surface area contributed by atoms with Crippen LogP contribution in [0.1, 0.15) is 42.4 Å². The number of hydrogen-bond donors (Lipinski definition) is 1. The smallest absolute Gasteiger partial charge is 0.343 e. The van der Waals surface area contributed by atoms with Crippen molar-refractivity contribution in [1.29, 1.82) is 0 Å². The lowest BCUT2D eigenvalue weighted by Gasteiger charge is -2.19. The first-order valence-electron chi connectivity index (χ1n) is 7.51. The van der Waals surface area contributed by atoms with Gasteiger partial charge in [-0.3, -0.25) is 4.79 Å². The molecule has 1 aliphatic heterocycles. The average Bonchev–Trinajstić information content (AvgIpc) is 2.91. The van der Waals surface area contributed by atoms with Crippen molar-refractivity contribution >= 4 is 34.2 Å². The van der Waals surface area contributed by atoms with Crippen molar-refractivity contribution in [2.24, 2.45) is 0 Å². The van der Waals surface area contributed by atoms with Gasteiger partial charge in [0.15, 0.2) is 11.6 Å². The van der Waals surface area contributed by atoms with Crippen LogP contribution in [-0.2, 0) is 11.2 Å². The highest BCUT2D eigenvalue weighted by Crippen LogP contribution is 2.38. The molecule has 0 fully saturated rings. The number of nitrogen functional groups attached to an aromatic ring is 1. The van der Waals surface area contributed by atoms with Crippen molar-refractivity contribution in [3.05, 3.63) is 38.1 Å². The largest absolute Gasteiger partial charge is 0.462 e. The lowest BCUT2D eigenvalue weighted by atomic mass is 10.0. The quantitative estimate of drug-likeness (QED) is 0.509. The highest BCUT2D eigenvalue weighted by atomic mass is 35.5. The first kappa shape index (κ1) is 16.7. The van der Waals surface area contributed by atoms with Gasteiger partial charge in [-0.05, 0) is 26.7 Å². The number of hydrogen-bond acceptors (Lipinski definition) is 4. The van der Waals surface area contributed by atoms with Crippen molar-refractivity contribution in [2.75, 3.05) is 12.3 Å². The van der Waals surface area contributed by atoms with Gasteiger partial charge in [0.1, 0.15) is 10.6 Å². The summed E-state index contributed by atoms with van der Waals surface area (Å²) in [6, 6.07) is -0.155. The summed E-state index contributed by atoms with van der Waals surface area (Å²) in [6.45, 7) is 3.53. The van der Waals surface area contributed by atoms with Gasteiger partial charge in [-0.2, -0.15) is 0 Å². The number of benzene rings is 1. The van der Waals surface area contributed by atoms with Gasteiger partial charge in [0, 0.05) is 11.7 Å². The van der Waals surface area contributed by atoms with E-state index in [4.69, 9.17) is 22.1 Å². The molecule has 0 saturated carbocycles. The average molecular weight is 357 g/mol. The predicted molar refractivity (Wildman–Crippen MR) is 86.5 cm³/mol. The van der Waals surface area contributed by atoms with E-state index in [1.807, 2.05) is 6.92 Å². The Morgan fingerprint density at radius 1 is 1.42 bits per heavy atom. The van der Waals surface area contributed by atoms with E-state index in [0.717, 1.165) is 0 Å². The third-order valence-corrected chi connectivity index (χ3v) is 4.67. The number of esters is 1. The Hall–Kier alpha value is -2.15. The van der Waals surface area contributed by atoms with E-state index in [-0.39, 0.29) is 29.1 Å². The Morgan fingerprint density at radius 3 is 2.71 bits per heavy atom. The molecule has 2 N–H and O–H groups in total. The van der Waals surface area contributed by atoms with E-state index in [1.54, 1.807) is 11.5 Å². The number of anilines is 1. The summed E-state index contributed by atoms with van der Waals surface area (Å²) in [5, 5.41) is -0.807. The van der Waals surface area contributed by atoms with Gasteiger partial charge in [0.2, 0.25) is 5.43 Å². The predicted octanol–water partition coefficient (Wildman–Crippen LogP) is 3.20. The zero-order valence-electron chi connectivity index (χ0n) is 13.1. The molecule has 1 aromatic carbocycles. The number of halogens is 3. The van der Waals surface area contributed by atoms with Crippen molar-refractivity contribution in [3.8, 4) is 0 Å². The lowest BCUT2D eigenvalue weighted by Crippen LogP contribution is -2.25. The summed E-state index contributed by atoms with van der Waals surface area (Å²) < 4.78 is 34.6. The fraction of sp³-hybridized carbons (Fsp3) is 0.375. The Kier molecular flexibility index (Phi) is 3.99. The minimum atomic E-state index is -1.40. The molecule has 2 aromatic rings. The molecular weight excluding hydrogens is 342 g/mol. The normalized spacial score (nSPS) is 16.5. The second-order valence-electron chi connectivity index (χ2n) is 5.71. The number of fused-ring (bicyclic) bond motifs is 3. The molecule has 0 spiro atoms. The standard InChI is InChI=1S/C16H15ClF2N2O3/c1-3-24-16(23)8-7-5-4-6(2)21(7)14-9(15(8)22)13(20)12(19)11(18)10(14)17/h6H,3-5,20H2,1-2H3/t6-/m1/s1. The Bertz CT molecular complexity index is 940. The topological polar surface area (TPSA) is 74.3 Å². The van der Waals surface area contributed by atoms with E-state index in [9.17, 15) is 18.4 Å². The Balaban J connectivity index is 2.57. The number of nitrogens with zero attached hydrogens (tertiary/aromatic N) is 1. The Labute approximate surface area is 141 Å². The lowest BCUT2D eigenvalue weighted by molar-refractivity contribution is 0.0523. The summed E-state index contributed by atoms with van der Waals surface area (Å²) in [7, 11) is 0. The van der Waals surface area contributed by atoms with Gasteiger partial charge >= 0.3 is 5.97 Å². The zero-order chi connectivity index (χ0) is 17.8. The van der Waals surface area contributed by atoms with E-state index in [1.165, 1.54) is 0 Å². The van der Waals surface area contributed by atoms with Gasteiger partial charge in [-0.25, -0.2) is 13.6 Å². The number of pyridine rings is 1. The number of rotatable bonds is 2. The molecule has 1 atom stereocenters. The molecule has 0 aliphatic carbocycles. The van der Waals surface area contributed by atoms with Crippen molar-refractivity contribution in [2.45, 2.75) is 32.7 Å². The van der Waals surface area contributed by atoms with E-state index in [0.29, 0.717) is 18.5 Å². The molecule has 5 nitrogen and oxygen atoms in total. The zero-order valence-corrected chi connectivity index (χ0v) is 13.8. The SMILES string of the molecule is CCOC(=O)c1c2n(c3c(Cl)c(F)c(F)c(N)c3c1=O)[C@H](C)CC2. The van der Waals surface area contributed by atoms with Gasteiger partial charge in [0.25, 0.3) is 0 Å². The van der Waals surface area contributed by atoms with Crippen LogP contribution in [-0.4, -0.2) is 17.1 Å². The van der Waals surface area contributed by atoms with E-state index < -0.39 is 33.7 Å². The summed E-state index contributed by atoms with van der Waals surface area (Å²) >= 11 is 5.97. The van der Waals surface area contributed by atoms with Crippen LogP contribution in [0.25, 0.3) is 10.9 Å². The molecule has 0 bridgehead atoms. The summed E-state index contributed by atoms with van der Waals surface area (Å²) in [4.78, 5) is 25.1. The fourth-order valence-corrected chi connectivity index (χ4v) is 3.52. The monoisotopic (exact) mass is 356 g/mol. The van der Waals surface area contributed by atoms with Crippen molar-refractivity contribution in [3.63, 3.8) is 0 Å². The minimum absolute atomic E-state index is 0.0196. The van der Waals surface area contributed by atoms with Crippen molar-refractivity contribution in [1.82, 2.24) is 4.57 Å². The first-order chi connectivity index (χ1) is 11.3. The van der Waals surface area contributed by atoms with Crippen LogP contribution < -0.4 is 11.2 Å². The van der Waals surface area contributed by atoms with E-state index in [2.05, 4.69) is 0 Å². The molecule has 3 rings (SSSR count). The highest BCUT2D eigenvalue weighted by Gasteiger charge is 2.33. The summed E-state index contributed by atoms with van der Waals surface area (Å²) in [6.07, 6.45) is 1.05. The van der Waals surface area contributed by atoms with Crippen LogP contribution in [0, 0.1) is 11.6 Å². The number of nitrogens with two attached hydrogens (primary N) is 1. The first-order valence-corrected chi connectivity index (χ1v) is 7.89. The molecule has 128 valence electrons. The second-order valence-corrected chi connectivity index (χ2v) is 6.09. The van der Waals surface area contributed by atoms with Gasteiger partial charge in [-0.15, -0.1) is 0 Å². The number of carbonyl (C=O) groups excluding carboxylic acids is 1. The maximum atomic E-state index is 14.0. The molecule has 2 heterocycles. The molecule has 1 aliphatic rings. The van der Waals surface area contributed by atoms with Crippen LogP contribution in [0.15, 0.2) is 4.79 Å². The van der Waals surface area contributed by atoms with Crippen LogP contribution in [0.2, 0.25) is 5.02 Å². The Morgan fingerprint density at radius 2 is 2.08 bits per heavy atom. The van der Waals surface area contributed by atoms with Crippen molar-refractivity contribution < 1.29 is 18.3 Å². The van der Waals surface area contributed by atoms with Crippen LogP contribution in [0.5, 0.6) is 0 Å². The molecular formula is C16H15ClF2N2O3. The third-order valence-electron chi connectivity index (χ3n) is 4.33. The molecule has 0 radical (unpaired) electrons. The number of ether oxygens (including phenoxy) is 1. The minimum Gasteiger partial charge on any atom is -0.462 e. The number of aromatic nitrogens is 1. The molecule has 1 aromatic heterocycles. The van der Waals surface area contributed by atoms with Gasteiger partial charge in [-0.1, -0.05) is 11.6 Å². The molecule has 0 unspecified atom stereocenters. The molecule has 24 heavy (non-hydrogen) atoms. The van der Waals surface area contributed by atoms with E-state index >= 15 is 0 Å². The van der Waals surface area contributed by atoms with Gasteiger partial charge < -0.3 is 15.0 Å². The second kappa shape index (κ2) is 5.73. The fourth-order valence-electron chi connectivity index (χ4n) is 3.25. The summed E-state index contributed by atoms with van der Waals surface area (Å²) in [5.74, 6) is -3.51. The van der Waals surface area contributed by atoms with Crippen LogP contribution in [0.4, 0.5) is 14.5 Å². The molecule has 0 amide bonds. The van der Waals surface area contributed by atoms with Crippen LogP contribution in [0.3, 0.4) is 0 Å². The molecule has 8 heteroatoms. The number of carbonyl (C=O) groups is 1. The maximum Gasteiger partial charge on any atom is 0.343 e. The van der Waals surface area contributed by atoms with Gasteiger partial charge in [0.05, 0.1) is 23.2 Å². The molecule has 0 saturated heterocycles. The summed E-state index contributed by atoms with van der Waals surface area (Å²) in [5.41, 5.74) is 4.42. The highest BCUT2D eigenvalue weighted by molar-refractivity contribution is 6.36. The maximum absolute atomic E-state index is 14.0. The third kappa shape index (κ3) is 2.11.